The minimum absolute atomic E-state index is 0.271. The molecule has 0 N–H and O–H groups in total. The predicted molar refractivity (Wildman–Crippen MR) is 193 cm³/mol. The Hall–Kier alpha value is -5.93. The number of ether oxygens (including phenoxy) is 1. The molecule has 0 saturated carbocycles. The summed E-state index contributed by atoms with van der Waals surface area (Å²) in [6, 6.07) is 48.7. The van der Waals surface area contributed by atoms with Crippen LogP contribution in [-0.4, -0.2) is 9.55 Å². The summed E-state index contributed by atoms with van der Waals surface area (Å²) in [4.78, 5) is 5.23. The zero-order valence-corrected chi connectivity index (χ0v) is 26.4. The lowest BCUT2D eigenvalue weighted by atomic mass is 9.65. The van der Waals surface area contributed by atoms with Crippen LogP contribution in [0, 0.1) is 5.92 Å². The number of nitrogens with zero attached hydrogens (tertiary/aromatic N) is 2. The van der Waals surface area contributed by atoms with E-state index in [0.29, 0.717) is 5.92 Å². The molecule has 1 aromatic heterocycles. The number of allylic oxidation sites excluding steroid dienone is 4. The molecule has 1 spiro atoms. The van der Waals surface area contributed by atoms with Crippen LogP contribution in [0.1, 0.15) is 40.7 Å². The molecule has 0 amide bonds. The van der Waals surface area contributed by atoms with E-state index in [4.69, 9.17) is 9.72 Å². The quantitative estimate of drug-likeness (QED) is 0.184. The molecule has 2 aliphatic carbocycles. The highest BCUT2D eigenvalue weighted by atomic mass is 16.5. The molecule has 3 heterocycles. The van der Waals surface area contributed by atoms with Crippen LogP contribution in [-0.2, 0) is 5.41 Å². The van der Waals surface area contributed by atoms with E-state index in [2.05, 4.69) is 163 Å². The minimum atomic E-state index is -0.487. The summed E-state index contributed by atoms with van der Waals surface area (Å²) >= 11 is 0. The van der Waals surface area contributed by atoms with Crippen molar-refractivity contribution in [2.75, 3.05) is 0 Å². The van der Waals surface area contributed by atoms with Gasteiger partial charge in [-0.2, -0.15) is 0 Å². The highest BCUT2D eigenvalue weighted by Gasteiger charge is 2.51. The maximum Gasteiger partial charge on any atom is 0.145 e. The van der Waals surface area contributed by atoms with E-state index < -0.39 is 5.41 Å². The van der Waals surface area contributed by atoms with Crippen molar-refractivity contribution in [2.45, 2.75) is 18.3 Å². The van der Waals surface area contributed by atoms with E-state index in [-0.39, 0.29) is 5.92 Å². The van der Waals surface area contributed by atoms with Crippen molar-refractivity contribution in [2.24, 2.45) is 5.92 Å². The van der Waals surface area contributed by atoms with Gasteiger partial charge in [-0.25, -0.2) is 4.98 Å². The summed E-state index contributed by atoms with van der Waals surface area (Å²) in [6.07, 6.45) is 6.81. The highest BCUT2D eigenvalue weighted by molar-refractivity contribution is 5.92. The first-order valence-electron chi connectivity index (χ1n) is 16.8. The molecule has 48 heavy (non-hydrogen) atoms. The van der Waals surface area contributed by atoms with E-state index in [1.54, 1.807) is 0 Å². The summed E-state index contributed by atoms with van der Waals surface area (Å²) in [5.74, 6) is 3.49. The lowest BCUT2D eigenvalue weighted by Crippen LogP contribution is -2.32. The van der Waals surface area contributed by atoms with Crippen LogP contribution in [0.15, 0.2) is 152 Å². The first-order valence-corrected chi connectivity index (χ1v) is 16.8. The zero-order chi connectivity index (χ0) is 31.6. The molecular formula is C45H30N2O. The van der Waals surface area contributed by atoms with Crippen LogP contribution in [0.3, 0.4) is 0 Å². The number of rotatable bonds is 1. The average molecular weight is 615 g/mol. The molecule has 7 aromatic rings. The zero-order valence-electron chi connectivity index (χ0n) is 26.4. The molecule has 3 nitrogen and oxygen atoms in total. The molecule has 0 bridgehead atoms. The van der Waals surface area contributed by atoms with Crippen molar-refractivity contribution in [3.8, 4) is 45.1 Å². The van der Waals surface area contributed by atoms with Crippen molar-refractivity contribution >= 4 is 16.7 Å². The molecule has 2 aliphatic heterocycles. The maximum absolute atomic E-state index is 6.70. The molecule has 0 fully saturated rings. The van der Waals surface area contributed by atoms with Gasteiger partial charge >= 0.3 is 0 Å². The van der Waals surface area contributed by atoms with Crippen molar-refractivity contribution in [3.05, 3.63) is 180 Å². The topological polar surface area (TPSA) is 27.1 Å². The summed E-state index contributed by atoms with van der Waals surface area (Å²) in [5, 5.41) is 0. The van der Waals surface area contributed by atoms with Crippen LogP contribution in [0.2, 0.25) is 0 Å². The highest BCUT2D eigenvalue weighted by Crippen LogP contribution is 2.62. The third kappa shape index (κ3) is 3.21. The Morgan fingerprint density at radius 1 is 0.625 bits per heavy atom. The van der Waals surface area contributed by atoms with E-state index in [0.717, 1.165) is 28.4 Å². The average Bonchev–Trinajstić information content (AvgIpc) is 3.67. The second kappa shape index (κ2) is 9.33. The second-order valence-electron chi connectivity index (χ2n) is 13.5. The lowest BCUT2D eigenvalue weighted by Gasteiger charge is -2.39. The van der Waals surface area contributed by atoms with Crippen LogP contribution >= 0.6 is 0 Å². The molecule has 4 aliphatic rings. The molecule has 2 atom stereocenters. The Morgan fingerprint density at radius 2 is 1.29 bits per heavy atom. The van der Waals surface area contributed by atoms with Crippen LogP contribution in [0.4, 0.5) is 0 Å². The minimum Gasteiger partial charge on any atom is -0.457 e. The number of para-hydroxylation sites is 3. The van der Waals surface area contributed by atoms with Crippen LogP contribution in [0.25, 0.3) is 50.4 Å². The van der Waals surface area contributed by atoms with Crippen molar-refractivity contribution in [3.63, 3.8) is 0 Å². The van der Waals surface area contributed by atoms with Gasteiger partial charge in [-0.15, -0.1) is 0 Å². The van der Waals surface area contributed by atoms with Gasteiger partial charge in [0.2, 0.25) is 0 Å². The molecule has 0 radical (unpaired) electrons. The second-order valence-corrected chi connectivity index (χ2v) is 13.5. The van der Waals surface area contributed by atoms with E-state index in [9.17, 15) is 0 Å². The van der Waals surface area contributed by atoms with E-state index >= 15 is 0 Å². The van der Waals surface area contributed by atoms with Crippen molar-refractivity contribution in [1.29, 1.82) is 0 Å². The fourth-order valence-electron chi connectivity index (χ4n) is 9.17. The molecule has 6 aromatic carbocycles. The van der Waals surface area contributed by atoms with Crippen LogP contribution in [0.5, 0.6) is 11.5 Å². The molecule has 226 valence electrons. The number of benzene rings is 6. The summed E-state index contributed by atoms with van der Waals surface area (Å²) in [7, 11) is 0. The summed E-state index contributed by atoms with van der Waals surface area (Å²) in [5.41, 5.74) is 15.4. The van der Waals surface area contributed by atoms with E-state index in [1.807, 2.05) is 0 Å². The van der Waals surface area contributed by atoms with Gasteiger partial charge in [0.15, 0.2) is 0 Å². The Bertz CT molecular complexity index is 2540. The molecule has 11 rings (SSSR count). The third-order valence-corrected chi connectivity index (χ3v) is 11.2. The van der Waals surface area contributed by atoms with Crippen LogP contribution < -0.4 is 4.74 Å². The molecule has 0 saturated heterocycles. The number of aromatic nitrogens is 2. The van der Waals surface area contributed by atoms with Gasteiger partial charge in [-0.1, -0.05) is 116 Å². The van der Waals surface area contributed by atoms with E-state index in [1.165, 1.54) is 61.3 Å². The van der Waals surface area contributed by atoms with Gasteiger partial charge in [-0.3, -0.25) is 4.57 Å². The molecular weight excluding hydrogens is 585 g/mol. The fraction of sp³-hybridized carbons (Fsp3) is 0.0889. The maximum atomic E-state index is 6.70. The molecule has 3 heteroatoms. The number of fused-ring (bicyclic) bond motifs is 17. The van der Waals surface area contributed by atoms with Gasteiger partial charge in [0, 0.05) is 28.3 Å². The van der Waals surface area contributed by atoms with Crippen molar-refractivity contribution < 1.29 is 4.74 Å². The first-order chi connectivity index (χ1) is 23.7. The van der Waals surface area contributed by atoms with Gasteiger partial charge in [0.25, 0.3) is 0 Å². The normalized spacial score (nSPS) is 18.5. The smallest absolute Gasteiger partial charge is 0.145 e. The predicted octanol–water partition coefficient (Wildman–Crippen LogP) is 11.0. The Morgan fingerprint density at radius 3 is 2.12 bits per heavy atom. The third-order valence-electron chi connectivity index (χ3n) is 11.2. The number of imidazole rings is 1. The Balaban J connectivity index is 1.16. The van der Waals surface area contributed by atoms with Gasteiger partial charge < -0.3 is 4.74 Å². The Kier molecular flexibility index (Phi) is 5.09. The summed E-state index contributed by atoms with van der Waals surface area (Å²) < 4.78 is 9.09. The number of hydrogen-bond acceptors (Lipinski definition) is 2. The van der Waals surface area contributed by atoms with Crippen molar-refractivity contribution in [1.82, 2.24) is 9.55 Å². The fourth-order valence-corrected chi connectivity index (χ4v) is 9.17. The first kappa shape index (κ1) is 26.2. The number of hydrogen-bond donors (Lipinski definition) is 0. The SMILES string of the molecule is CC1C=CC=C2C1c1ccc(-c3ccc4c(c3)C3(c5ccccc5O4)c4ccccc4-c4ccccc43)cc1-c1nc3ccccc3n12. The summed E-state index contributed by atoms with van der Waals surface area (Å²) in [6.45, 7) is 2.33. The largest absolute Gasteiger partial charge is 0.457 e. The van der Waals surface area contributed by atoms with Gasteiger partial charge in [0.05, 0.1) is 16.4 Å². The lowest BCUT2D eigenvalue weighted by molar-refractivity contribution is 0.436. The van der Waals surface area contributed by atoms with Gasteiger partial charge in [0.1, 0.15) is 17.3 Å². The molecule has 2 unspecified atom stereocenters. The Labute approximate surface area is 279 Å². The monoisotopic (exact) mass is 614 g/mol. The van der Waals surface area contributed by atoms with Gasteiger partial charge in [-0.05, 0) is 87.3 Å². The standard InChI is InChI=1S/C45H30N2O/c1-27-11-10-19-40-43(27)32-23-21-28(25-33(32)44-46-38-17-7-8-18-39(38)47(40)44)29-22-24-42-37(26-29)45(36-16-6-9-20-41(36)48-42)34-14-4-2-12-30(34)31-13-3-5-15-35(31)45/h2-27,43H,1H3.